The fraction of sp³-hybridized carbons (Fsp3) is 0.0769. The van der Waals surface area contributed by atoms with Crippen LogP contribution in [0.15, 0.2) is 54.6 Å². The highest BCUT2D eigenvalue weighted by atomic mass is 35.5. The number of halogens is 1. The van der Waals surface area contributed by atoms with E-state index in [1.54, 1.807) is 0 Å². The van der Waals surface area contributed by atoms with Gasteiger partial charge in [0.05, 0.1) is 0 Å². The summed E-state index contributed by atoms with van der Waals surface area (Å²) in [5.74, 6) is 0. The SMILES string of the molecule is Clc1ccccc1Cc1ccccc1. The van der Waals surface area contributed by atoms with Crippen LogP contribution in [0, 0.1) is 0 Å². The fourth-order valence-electron chi connectivity index (χ4n) is 1.46. The third-order valence-corrected chi connectivity index (χ3v) is 2.56. The lowest BCUT2D eigenvalue weighted by Gasteiger charge is -2.03. The minimum absolute atomic E-state index is 0.844. The van der Waals surface area contributed by atoms with Crippen LogP contribution in [0.5, 0.6) is 0 Å². The molecule has 14 heavy (non-hydrogen) atoms. The Morgan fingerprint density at radius 3 is 2.14 bits per heavy atom. The molecule has 0 aliphatic rings. The summed E-state index contributed by atoms with van der Waals surface area (Å²) in [5, 5.41) is 0.844. The minimum Gasteiger partial charge on any atom is -0.0840 e. The van der Waals surface area contributed by atoms with E-state index in [1.807, 2.05) is 36.4 Å². The lowest BCUT2D eigenvalue weighted by atomic mass is 10.1. The molecule has 0 fully saturated rings. The number of rotatable bonds is 2. The van der Waals surface area contributed by atoms with E-state index in [0.717, 1.165) is 11.4 Å². The summed E-state index contributed by atoms with van der Waals surface area (Å²) in [7, 11) is 0. The van der Waals surface area contributed by atoms with Crippen molar-refractivity contribution in [3.8, 4) is 0 Å². The van der Waals surface area contributed by atoms with Gasteiger partial charge in [0, 0.05) is 5.02 Å². The van der Waals surface area contributed by atoms with Crippen LogP contribution < -0.4 is 0 Å². The zero-order valence-electron chi connectivity index (χ0n) is 7.78. The zero-order chi connectivity index (χ0) is 9.80. The van der Waals surface area contributed by atoms with E-state index in [2.05, 4.69) is 18.2 Å². The Kier molecular flexibility index (Phi) is 2.85. The molecule has 2 aromatic rings. The molecule has 0 amide bonds. The summed E-state index contributed by atoms with van der Waals surface area (Å²) >= 11 is 6.07. The van der Waals surface area contributed by atoms with Crippen molar-refractivity contribution < 1.29 is 0 Å². The van der Waals surface area contributed by atoms with Crippen LogP contribution in [0.4, 0.5) is 0 Å². The highest BCUT2D eigenvalue weighted by molar-refractivity contribution is 6.31. The molecule has 0 aliphatic heterocycles. The minimum atomic E-state index is 0.844. The summed E-state index contributed by atoms with van der Waals surface area (Å²) in [6, 6.07) is 18.3. The predicted molar refractivity (Wildman–Crippen MR) is 60.7 cm³/mol. The van der Waals surface area contributed by atoms with Crippen LogP contribution in [-0.4, -0.2) is 0 Å². The zero-order valence-corrected chi connectivity index (χ0v) is 8.54. The van der Waals surface area contributed by atoms with Gasteiger partial charge in [-0.05, 0) is 23.6 Å². The van der Waals surface area contributed by atoms with Crippen molar-refractivity contribution in [3.63, 3.8) is 0 Å². The Morgan fingerprint density at radius 2 is 1.43 bits per heavy atom. The van der Waals surface area contributed by atoms with Gasteiger partial charge in [-0.15, -0.1) is 0 Å². The first kappa shape index (κ1) is 9.29. The maximum absolute atomic E-state index is 6.07. The maximum atomic E-state index is 6.07. The van der Waals surface area contributed by atoms with Crippen molar-refractivity contribution in [1.29, 1.82) is 0 Å². The van der Waals surface area contributed by atoms with Gasteiger partial charge in [0.25, 0.3) is 0 Å². The lowest BCUT2D eigenvalue weighted by Crippen LogP contribution is -1.87. The first-order valence-electron chi connectivity index (χ1n) is 4.63. The monoisotopic (exact) mass is 202 g/mol. The summed E-state index contributed by atoms with van der Waals surface area (Å²) in [5.41, 5.74) is 2.47. The van der Waals surface area contributed by atoms with E-state index >= 15 is 0 Å². The molecule has 0 bridgehead atoms. The largest absolute Gasteiger partial charge is 0.0840 e. The molecule has 0 spiro atoms. The van der Waals surface area contributed by atoms with E-state index in [0.29, 0.717) is 0 Å². The van der Waals surface area contributed by atoms with E-state index in [4.69, 9.17) is 11.6 Å². The average molecular weight is 203 g/mol. The topological polar surface area (TPSA) is 0 Å². The molecule has 0 heterocycles. The van der Waals surface area contributed by atoms with Crippen LogP contribution in [0.3, 0.4) is 0 Å². The van der Waals surface area contributed by atoms with E-state index in [9.17, 15) is 0 Å². The van der Waals surface area contributed by atoms with Crippen LogP contribution in [0.2, 0.25) is 5.02 Å². The second-order valence-corrected chi connectivity index (χ2v) is 3.66. The molecule has 0 radical (unpaired) electrons. The Hall–Kier alpha value is -1.27. The van der Waals surface area contributed by atoms with Gasteiger partial charge in [-0.2, -0.15) is 0 Å². The van der Waals surface area contributed by atoms with Crippen molar-refractivity contribution in [1.82, 2.24) is 0 Å². The molecule has 0 aromatic heterocycles. The Bertz CT molecular complexity index is 407. The molecule has 0 saturated heterocycles. The van der Waals surface area contributed by atoms with Gasteiger partial charge in [0.1, 0.15) is 0 Å². The predicted octanol–water partition coefficient (Wildman–Crippen LogP) is 3.93. The van der Waals surface area contributed by atoms with E-state index < -0.39 is 0 Å². The van der Waals surface area contributed by atoms with Gasteiger partial charge in [-0.25, -0.2) is 0 Å². The van der Waals surface area contributed by atoms with Crippen molar-refractivity contribution in [2.45, 2.75) is 6.42 Å². The quantitative estimate of drug-likeness (QED) is 0.692. The molecule has 0 atom stereocenters. The molecule has 2 rings (SSSR count). The lowest BCUT2D eigenvalue weighted by molar-refractivity contribution is 1.19. The van der Waals surface area contributed by atoms with Crippen LogP contribution in [0.25, 0.3) is 0 Å². The second-order valence-electron chi connectivity index (χ2n) is 3.25. The standard InChI is InChI=1S/C13H11Cl/c14-13-9-5-4-8-12(13)10-11-6-2-1-3-7-11/h1-9H,10H2. The van der Waals surface area contributed by atoms with E-state index in [1.165, 1.54) is 11.1 Å². The molecule has 0 N–H and O–H groups in total. The molecule has 1 heteroatoms. The third-order valence-electron chi connectivity index (χ3n) is 2.20. The molecule has 0 saturated carbocycles. The molecule has 2 aromatic carbocycles. The Balaban J connectivity index is 2.24. The van der Waals surface area contributed by atoms with Crippen molar-refractivity contribution >= 4 is 11.6 Å². The molecular weight excluding hydrogens is 192 g/mol. The fourth-order valence-corrected chi connectivity index (χ4v) is 1.66. The summed E-state index contributed by atoms with van der Waals surface area (Å²) < 4.78 is 0. The summed E-state index contributed by atoms with van der Waals surface area (Å²) in [6.07, 6.45) is 0.903. The van der Waals surface area contributed by atoms with Crippen LogP contribution >= 0.6 is 11.6 Å². The van der Waals surface area contributed by atoms with Crippen LogP contribution in [0.1, 0.15) is 11.1 Å². The van der Waals surface area contributed by atoms with Crippen molar-refractivity contribution in [3.05, 3.63) is 70.7 Å². The molecule has 0 unspecified atom stereocenters. The summed E-state index contributed by atoms with van der Waals surface area (Å²) in [4.78, 5) is 0. The van der Waals surface area contributed by atoms with Gasteiger partial charge < -0.3 is 0 Å². The van der Waals surface area contributed by atoms with Gasteiger partial charge in [-0.3, -0.25) is 0 Å². The number of hydrogen-bond donors (Lipinski definition) is 0. The maximum Gasteiger partial charge on any atom is 0.0441 e. The summed E-state index contributed by atoms with van der Waals surface area (Å²) in [6.45, 7) is 0. The van der Waals surface area contributed by atoms with Crippen LogP contribution in [-0.2, 0) is 6.42 Å². The molecule has 0 aliphatic carbocycles. The third kappa shape index (κ3) is 2.15. The normalized spacial score (nSPS) is 10.1. The second kappa shape index (κ2) is 4.30. The number of hydrogen-bond acceptors (Lipinski definition) is 0. The molecule has 70 valence electrons. The van der Waals surface area contributed by atoms with E-state index in [-0.39, 0.29) is 0 Å². The number of benzene rings is 2. The Morgan fingerprint density at radius 1 is 0.786 bits per heavy atom. The average Bonchev–Trinajstić information content (AvgIpc) is 2.23. The molecule has 0 nitrogen and oxygen atoms in total. The van der Waals surface area contributed by atoms with Gasteiger partial charge in [0.2, 0.25) is 0 Å². The highest BCUT2D eigenvalue weighted by Gasteiger charge is 1.99. The Labute approximate surface area is 89.2 Å². The smallest absolute Gasteiger partial charge is 0.0441 e. The molecular formula is C13H11Cl. The highest BCUT2D eigenvalue weighted by Crippen LogP contribution is 2.18. The first-order chi connectivity index (χ1) is 6.86. The van der Waals surface area contributed by atoms with Gasteiger partial charge in [0.15, 0.2) is 0 Å². The van der Waals surface area contributed by atoms with Gasteiger partial charge >= 0.3 is 0 Å². The van der Waals surface area contributed by atoms with Crippen molar-refractivity contribution in [2.75, 3.05) is 0 Å². The van der Waals surface area contributed by atoms with Crippen molar-refractivity contribution in [2.24, 2.45) is 0 Å². The van der Waals surface area contributed by atoms with Gasteiger partial charge in [-0.1, -0.05) is 60.1 Å². The first-order valence-corrected chi connectivity index (χ1v) is 5.01.